The quantitative estimate of drug-likeness (QED) is 0.894. The van der Waals surface area contributed by atoms with E-state index in [0.29, 0.717) is 19.0 Å². The Balaban J connectivity index is 1.61. The zero-order valence-electron chi connectivity index (χ0n) is 13.1. The van der Waals surface area contributed by atoms with Crippen molar-refractivity contribution in [3.63, 3.8) is 0 Å². The van der Waals surface area contributed by atoms with Crippen molar-refractivity contribution < 1.29 is 8.42 Å². The van der Waals surface area contributed by atoms with Gasteiger partial charge in [-0.25, -0.2) is 9.67 Å². The van der Waals surface area contributed by atoms with Gasteiger partial charge in [-0.3, -0.25) is 0 Å². The monoisotopic (exact) mass is 335 g/mol. The first-order valence-corrected chi connectivity index (χ1v) is 9.17. The predicted molar refractivity (Wildman–Crippen MR) is 87.1 cm³/mol. The molecule has 2 heterocycles. The molecule has 7 nitrogen and oxygen atoms in total. The molecule has 1 N–H and O–H groups in total. The molecular weight excluding hydrogens is 314 g/mol. The molecule has 0 spiro atoms. The zero-order valence-corrected chi connectivity index (χ0v) is 13.9. The van der Waals surface area contributed by atoms with Crippen LogP contribution in [0.4, 0.5) is 0 Å². The number of aromatic nitrogens is 3. The molecule has 1 atom stereocenters. The average Bonchev–Trinajstić information content (AvgIpc) is 3.08. The van der Waals surface area contributed by atoms with Gasteiger partial charge >= 0.3 is 0 Å². The highest BCUT2D eigenvalue weighted by Gasteiger charge is 2.26. The SMILES string of the molecule is C[C@@H]1CCCN(S(=O)(=O)NCc2ccc(-n3cncn3)cc2)C1. The van der Waals surface area contributed by atoms with Crippen molar-refractivity contribution in [1.82, 2.24) is 23.8 Å². The summed E-state index contributed by atoms with van der Waals surface area (Å²) in [4.78, 5) is 3.90. The minimum atomic E-state index is -3.41. The number of hydrogen-bond acceptors (Lipinski definition) is 4. The fourth-order valence-electron chi connectivity index (χ4n) is 2.74. The van der Waals surface area contributed by atoms with Crippen LogP contribution in [0.5, 0.6) is 0 Å². The molecular formula is C15H21N5O2S. The van der Waals surface area contributed by atoms with Crippen LogP contribution in [0.3, 0.4) is 0 Å². The summed E-state index contributed by atoms with van der Waals surface area (Å²) in [5, 5.41) is 4.06. The highest BCUT2D eigenvalue weighted by Crippen LogP contribution is 2.18. The van der Waals surface area contributed by atoms with Gasteiger partial charge in [0.1, 0.15) is 12.7 Å². The lowest BCUT2D eigenvalue weighted by atomic mass is 10.0. The number of nitrogens with one attached hydrogen (secondary N) is 1. The van der Waals surface area contributed by atoms with Crippen molar-refractivity contribution in [2.75, 3.05) is 13.1 Å². The Labute approximate surface area is 136 Å². The Morgan fingerprint density at radius 1 is 1.30 bits per heavy atom. The molecule has 0 unspecified atom stereocenters. The van der Waals surface area contributed by atoms with E-state index in [-0.39, 0.29) is 6.54 Å². The second-order valence-corrected chi connectivity index (χ2v) is 7.69. The molecule has 0 amide bonds. The summed E-state index contributed by atoms with van der Waals surface area (Å²) >= 11 is 0. The molecule has 0 saturated carbocycles. The topological polar surface area (TPSA) is 80.1 Å². The van der Waals surface area contributed by atoms with Gasteiger partial charge in [-0.1, -0.05) is 19.1 Å². The van der Waals surface area contributed by atoms with Crippen molar-refractivity contribution in [2.45, 2.75) is 26.3 Å². The van der Waals surface area contributed by atoms with Gasteiger partial charge in [0.2, 0.25) is 0 Å². The molecule has 2 aromatic rings. The highest BCUT2D eigenvalue weighted by atomic mass is 32.2. The van der Waals surface area contributed by atoms with Gasteiger partial charge in [0.25, 0.3) is 10.2 Å². The largest absolute Gasteiger partial charge is 0.279 e. The van der Waals surface area contributed by atoms with E-state index in [9.17, 15) is 8.42 Å². The predicted octanol–water partition coefficient (Wildman–Crippen LogP) is 1.33. The number of hydrogen-bond donors (Lipinski definition) is 1. The minimum Gasteiger partial charge on any atom is -0.223 e. The molecule has 1 saturated heterocycles. The Kier molecular flexibility index (Phi) is 4.74. The molecule has 0 radical (unpaired) electrons. The molecule has 124 valence electrons. The smallest absolute Gasteiger partial charge is 0.223 e. The zero-order chi connectivity index (χ0) is 16.3. The molecule has 1 aromatic carbocycles. The van der Waals surface area contributed by atoms with E-state index in [1.807, 2.05) is 24.3 Å². The van der Waals surface area contributed by atoms with E-state index >= 15 is 0 Å². The molecule has 1 fully saturated rings. The van der Waals surface area contributed by atoms with Crippen molar-refractivity contribution in [2.24, 2.45) is 5.92 Å². The molecule has 8 heteroatoms. The Morgan fingerprint density at radius 2 is 2.09 bits per heavy atom. The third-order valence-electron chi connectivity index (χ3n) is 4.04. The summed E-state index contributed by atoms with van der Waals surface area (Å²) in [6, 6.07) is 7.55. The third-order valence-corrected chi connectivity index (χ3v) is 5.56. The first kappa shape index (κ1) is 16.1. The van der Waals surface area contributed by atoms with E-state index in [4.69, 9.17) is 0 Å². The first-order chi connectivity index (χ1) is 11.0. The number of benzene rings is 1. The van der Waals surface area contributed by atoms with Crippen molar-refractivity contribution in [1.29, 1.82) is 0 Å². The standard InChI is InChI=1S/C15H21N5O2S/c1-13-3-2-8-19(10-13)23(21,22)18-9-14-4-6-15(7-5-14)20-12-16-11-17-20/h4-7,11-13,18H,2-3,8-10H2,1H3/t13-/m1/s1. The Morgan fingerprint density at radius 3 is 2.74 bits per heavy atom. The molecule has 1 aliphatic heterocycles. The van der Waals surface area contributed by atoms with E-state index in [2.05, 4.69) is 21.7 Å². The summed E-state index contributed by atoms with van der Waals surface area (Å²) in [5.41, 5.74) is 1.79. The molecule has 1 aromatic heterocycles. The minimum absolute atomic E-state index is 0.283. The Bertz CT molecular complexity index is 728. The van der Waals surface area contributed by atoms with Gasteiger partial charge in [-0.2, -0.15) is 22.5 Å². The fourth-order valence-corrected chi connectivity index (χ4v) is 4.09. The van der Waals surface area contributed by atoms with Gasteiger partial charge in [0.05, 0.1) is 5.69 Å². The van der Waals surface area contributed by atoms with E-state index in [1.165, 1.54) is 6.33 Å². The van der Waals surface area contributed by atoms with E-state index < -0.39 is 10.2 Å². The van der Waals surface area contributed by atoms with Crippen LogP contribution < -0.4 is 4.72 Å². The summed E-state index contributed by atoms with van der Waals surface area (Å²) in [6.07, 6.45) is 5.11. The van der Waals surface area contributed by atoms with Gasteiger partial charge in [0.15, 0.2) is 0 Å². The molecule has 0 bridgehead atoms. The van der Waals surface area contributed by atoms with E-state index in [1.54, 1.807) is 15.3 Å². The lowest BCUT2D eigenvalue weighted by Crippen LogP contribution is -2.45. The molecule has 1 aliphatic rings. The Hall–Kier alpha value is -1.77. The van der Waals surface area contributed by atoms with Crippen LogP contribution in [-0.4, -0.2) is 40.6 Å². The van der Waals surface area contributed by atoms with E-state index in [0.717, 1.165) is 24.1 Å². The second-order valence-electron chi connectivity index (χ2n) is 5.94. The maximum Gasteiger partial charge on any atom is 0.279 e. The summed E-state index contributed by atoms with van der Waals surface area (Å²) in [5.74, 6) is 0.419. The third kappa shape index (κ3) is 3.95. The van der Waals surface area contributed by atoms with Gasteiger partial charge < -0.3 is 0 Å². The van der Waals surface area contributed by atoms with Gasteiger partial charge in [-0.15, -0.1) is 0 Å². The van der Waals surface area contributed by atoms with Gasteiger partial charge in [-0.05, 0) is 36.5 Å². The van der Waals surface area contributed by atoms with Crippen LogP contribution in [0, 0.1) is 5.92 Å². The summed E-state index contributed by atoms with van der Waals surface area (Å²) < 4.78 is 30.6. The first-order valence-electron chi connectivity index (χ1n) is 7.73. The molecule has 23 heavy (non-hydrogen) atoms. The van der Waals surface area contributed by atoms with Crippen LogP contribution in [-0.2, 0) is 16.8 Å². The van der Waals surface area contributed by atoms with Crippen molar-refractivity contribution in [3.05, 3.63) is 42.5 Å². The maximum atomic E-state index is 12.4. The lowest BCUT2D eigenvalue weighted by Gasteiger charge is -2.30. The lowest BCUT2D eigenvalue weighted by molar-refractivity contribution is 0.278. The molecule has 0 aliphatic carbocycles. The fraction of sp³-hybridized carbons (Fsp3) is 0.467. The second kappa shape index (κ2) is 6.77. The average molecular weight is 335 g/mol. The summed E-state index contributed by atoms with van der Waals surface area (Å²) in [6.45, 7) is 3.57. The normalized spacial score (nSPS) is 19.8. The summed E-state index contributed by atoms with van der Waals surface area (Å²) in [7, 11) is -3.41. The van der Waals surface area contributed by atoms with Crippen LogP contribution in [0.25, 0.3) is 5.69 Å². The number of nitrogens with zero attached hydrogens (tertiary/aromatic N) is 4. The van der Waals surface area contributed by atoms with Crippen molar-refractivity contribution >= 4 is 10.2 Å². The van der Waals surface area contributed by atoms with Crippen LogP contribution in [0.1, 0.15) is 25.3 Å². The van der Waals surface area contributed by atoms with Gasteiger partial charge in [0, 0.05) is 19.6 Å². The number of rotatable bonds is 5. The number of piperidine rings is 1. The molecule has 3 rings (SSSR count). The maximum absolute atomic E-state index is 12.4. The van der Waals surface area contributed by atoms with Crippen LogP contribution in [0.15, 0.2) is 36.9 Å². The van der Waals surface area contributed by atoms with Crippen LogP contribution >= 0.6 is 0 Å². The van der Waals surface area contributed by atoms with Crippen LogP contribution in [0.2, 0.25) is 0 Å². The highest BCUT2D eigenvalue weighted by molar-refractivity contribution is 7.87. The van der Waals surface area contributed by atoms with Crippen molar-refractivity contribution in [3.8, 4) is 5.69 Å².